The number of nitro groups is 1. The van der Waals surface area contributed by atoms with Crippen LogP contribution in [0, 0.1) is 10.1 Å². The normalized spacial score (nSPS) is 12.0. The number of nitrogens with zero attached hydrogens (tertiary/aromatic N) is 3. The van der Waals surface area contributed by atoms with Crippen LogP contribution in [0.5, 0.6) is 0 Å². The van der Waals surface area contributed by atoms with E-state index in [0.29, 0.717) is 19.3 Å². The van der Waals surface area contributed by atoms with Gasteiger partial charge >= 0.3 is 11.8 Å². The van der Waals surface area contributed by atoms with E-state index in [0.717, 1.165) is 23.1 Å². The lowest BCUT2D eigenvalue weighted by Gasteiger charge is -2.06. The molecule has 2 heterocycles. The summed E-state index contributed by atoms with van der Waals surface area (Å²) in [6.45, 7) is 3.27. The number of halogens is 2. The molecule has 11 heteroatoms. The van der Waals surface area contributed by atoms with Gasteiger partial charge in [-0.3, -0.25) is 4.79 Å². The van der Waals surface area contributed by atoms with E-state index in [4.69, 9.17) is 27.9 Å². The van der Waals surface area contributed by atoms with E-state index in [1.165, 1.54) is 12.3 Å². The van der Waals surface area contributed by atoms with E-state index in [9.17, 15) is 14.9 Å². The highest BCUT2D eigenvalue weighted by molar-refractivity contribution is 8.01. The topological polar surface area (TPSA) is 95.2 Å². The highest BCUT2D eigenvalue weighted by atomic mass is 35.5. The average Bonchev–Trinajstić information content (AvgIpc) is 2.94. The molecule has 24 heavy (non-hydrogen) atoms. The minimum absolute atomic E-state index is 0.212. The second-order valence-electron chi connectivity index (χ2n) is 4.45. The average molecular weight is 408 g/mol. The zero-order valence-electron chi connectivity index (χ0n) is 12.5. The predicted molar refractivity (Wildman–Crippen MR) is 91.9 cm³/mol. The number of hydrogen-bond donors (Lipinski definition) is 0. The van der Waals surface area contributed by atoms with Crippen molar-refractivity contribution in [3.63, 3.8) is 0 Å². The van der Waals surface area contributed by atoms with Gasteiger partial charge in [-0.05, 0) is 34.7 Å². The van der Waals surface area contributed by atoms with Gasteiger partial charge < -0.3 is 14.9 Å². The number of rotatable bonds is 6. The van der Waals surface area contributed by atoms with E-state index in [2.05, 4.69) is 9.97 Å². The number of esters is 1. The third-order valence-corrected chi connectivity index (χ3v) is 5.67. The van der Waals surface area contributed by atoms with Crippen LogP contribution in [0.15, 0.2) is 21.5 Å². The molecule has 2 rings (SSSR count). The standard InChI is InChI=1S/C13H11Cl2N3O4S2/c1-3-9(19)22-6(2)11-17-10(18(20)21)13(23-11)24-12-8(15)4-7(14)5-16-12/h4-6H,3H2,1-2H3. The minimum atomic E-state index is -0.677. The first-order valence-corrected chi connectivity index (χ1v) is 9.04. The van der Waals surface area contributed by atoms with E-state index in [-0.39, 0.29) is 17.3 Å². The number of hydrogen-bond acceptors (Lipinski definition) is 8. The zero-order valence-corrected chi connectivity index (χ0v) is 15.6. The minimum Gasteiger partial charge on any atom is -0.453 e. The molecule has 0 aliphatic carbocycles. The van der Waals surface area contributed by atoms with Crippen molar-refractivity contribution in [3.05, 3.63) is 37.4 Å². The van der Waals surface area contributed by atoms with Crippen molar-refractivity contribution in [2.75, 3.05) is 0 Å². The molecule has 128 valence electrons. The van der Waals surface area contributed by atoms with Gasteiger partial charge in [-0.1, -0.05) is 41.5 Å². The van der Waals surface area contributed by atoms with Gasteiger partial charge in [-0.25, -0.2) is 4.98 Å². The molecule has 0 bridgehead atoms. The van der Waals surface area contributed by atoms with Crippen LogP contribution in [0.3, 0.4) is 0 Å². The van der Waals surface area contributed by atoms with Gasteiger partial charge in [0.05, 0.1) is 10.0 Å². The number of ether oxygens (including phenoxy) is 1. The second-order valence-corrected chi connectivity index (χ2v) is 7.58. The van der Waals surface area contributed by atoms with Gasteiger partial charge in [0, 0.05) is 12.6 Å². The molecular formula is C13H11Cl2N3O4S2. The first-order valence-electron chi connectivity index (χ1n) is 6.65. The summed E-state index contributed by atoms with van der Waals surface area (Å²) in [6.07, 6.45) is 0.933. The predicted octanol–water partition coefficient (Wildman–Crippen LogP) is 4.92. The molecule has 0 spiro atoms. The monoisotopic (exact) mass is 407 g/mol. The quantitative estimate of drug-likeness (QED) is 0.380. The molecular weight excluding hydrogens is 397 g/mol. The van der Waals surface area contributed by atoms with Gasteiger partial charge in [0.15, 0.2) is 10.3 Å². The lowest BCUT2D eigenvalue weighted by molar-refractivity contribution is -0.391. The largest absolute Gasteiger partial charge is 0.453 e. The van der Waals surface area contributed by atoms with Gasteiger partial charge in [0.25, 0.3) is 0 Å². The second kappa shape index (κ2) is 8.11. The van der Waals surface area contributed by atoms with Gasteiger partial charge in [-0.2, -0.15) is 0 Å². The Hall–Kier alpha value is -1.42. The summed E-state index contributed by atoms with van der Waals surface area (Å²) in [6, 6.07) is 1.50. The van der Waals surface area contributed by atoms with E-state index in [1.807, 2.05) is 0 Å². The van der Waals surface area contributed by atoms with Crippen molar-refractivity contribution < 1.29 is 14.5 Å². The number of carbonyl (C=O) groups is 1. The summed E-state index contributed by atoms with van der Waals surface area (Å²) in [5.41, 5.74) is 0. The summed E-state index contributed by atoms with van der Waals surface area (Å²) >= 11 is 13.9. The van der Waals surface area contributed by atoms with Crippen LogP contribution in [-0.4, -0.2) is 20.9 Å². The Morgan fingerprint density at radius 1 is 1.54 bits per heavy atom. The summed E-state index contributed by atoms with van der Waals surface area (Å²) in [7, 11) is 0. The lowest BCUT2D eigenvalue weighted by Crippen LogP contribution is -2.07. The molecule has 0 amide bonds. The molecule has 0 N–H and O–H groups in total. The summed E-state index contributed by atoms with van der Waals surface area (Å²) in [5, 5.41) is 12.6. The Balaban J connectivity index is 2.31. The Morgan fingerprint density at radius 3 is 2.83 bits per heavy atom. The molecule has 0 aliphatic heterocycles. The molecule has 1 unspecified atom stereocenters. The van der Waals surface area contributed by atoms with E-state index < -0.39 is 17.0 Å². The van der Waals surface area contributed by atoms with Gasteiger partial charge in [-0.15, -0.1) is 0 Å². The number of carbonyl (C=O) groups excluding carboxylic acids is 1. The summed E-state index contributed by atoms with van der Waals surface area (Å²) in [4.78, 5) is 30.0. The highest BCUT2D eigenvalue weighted by Crippen LogP contribution is 2.42. The number of pyridine rings is 1. The van der Waals surface area contributed by atoms with E-state index in [1.54, 1.807) is 13.8 Å². The fraction of sp³-hybridized carbons (Fsp3) is 0.308. The molecule has 0 saturated carbocycles. The Bertz CT molecular complexity index is 785. The number of thiazole rings is 1. The van der Waals surface area contributed by atoms with Crippen molar-refractivity contribution >= 4 is 58.1 Å². The molecule has 2 aromatic heterocycles. The summed E-state index contributed by atoms with van der Waals surface area (Å²) in [5.74, 6) is -0.732. The lowest BCUT2D eigenvalue weighted by atomic mass is 10.4. The van der Waals surface area contributed by atoms with Crippen LogP contribution < -0.4 is 0 Å². The van der Waals surface area contributed by atoms with Crippen LogP contribution in [0.2, 0.25) is 10.0 Å². The molecule has 0 aromatic carbocycles. The Morgan fingerprint density at radius 2 is 2.25 bits per heavy atom. The van der Waals surface area contributed by atoms with Gasteiger partial charge in [0.2, 0.25) is 5.01 Å². The van der Waals surface area contributed by atoms with Crippen LogP contribution in [0.1, 0.15) is 31.4 Å². The molecule has 1 atom stereocenters. The smallest absolute Gasteiger partial charge is 0.389 e. The first-order chi connectivity index (χ1) is 11.3. The number of aromatic nitrogens is 2. The first kappa shape index (κ1) is 18.9. The Labute approximate surface area is 155 Å². The van der Waals surface area contributed by atoms with Crippen LogP contribution >= 0.6 is 46.3 Å². The summed E-state index contributed by atoms with van der Waals surface area (Å²) < 4.78 is 5.44. The molecule has 0 aliphatic rings. The third-order valence-electron chi connectivity index (χ3n) is 2.68. The molecule has 0 radical (unpaired) electrons. The SMILES string of the molecule is CCC(=O)OC(C)c1nc([N+](=O)[O-])c(Sc2ncc(Cl)cc2Cl)s1. The molecule has 0 saturated heterocycles. The van der Waals surface area contributed by atoms with Crippen molar-refractivity contribution in [2.45, 2.75) is 35.6 Å². The fourth-order valence-electron chi connectivity index (χ4n) is 1.57. The maximum atomic E-state index is 11.4. The Kier molecular flexibility index (Phi) is 6.39. The molecule has 0 fully saturated rings. The molecule has 2 aromatic rings. The highest BCUT2D eigenvalue weighted by Gasteiger charge is 2.29. The van der Waals surface area contributed by atoms with E-state index >= 15 is 0 Å². The fourth-order valence-corrected chi connectivity index (χ4v) is 4.12. The van der Waals surface area contributed by atoms with Crippen molar-refractivity contribution in [3.8, 4) is 0 Å². The van der Waals surface area contributed by atoms with Gasteiger partial charge in [0.1, 0.15) is 5.03 Å². The van der Waals surface area contributed by atoms with Crippen molar-refractivity contribution in [2.24, 2.45) is 0 Å². The zero-order chi connectivity index (χ0) is 17.9. The maximum absolute atomic E-state index is 11.4. The van der Waals surface area contributed by atoms with Crippen LogP contribution in [0.25, 0.3) is 0 Å². The maximum Gasteiger partial charge on any atom is 0.389 e. The van der Waals surface area contributed by atoms with Crippen molar-refractivity contribution in [1.29, 1.82) is 0 Å². The van der Waals surface area contributed by atoms with Crippen LogP contribution in [0.4, 0.5) is 5.82 Å². The molecule has 7 nitrogen and oxygen atoms in total. The van der Waals surface area contributed by atoms with Crippen molar-refractivity contribution in [1.82, 2.24) is 9.97 Å². The third kappa shape index (κ3) is 4.56. The van der Waals surface area contributed by atoms with Crippen LogP contribution in [-0.2, 0) is 9.53 Å².